The summed E-state index contributed by atoms with van der Waals surface area (Å²) in [4.78, 5) is 0. The van der Waals surface area contributed by atoms with E-state index in [1.807, 2.05) is 0 Å². The van der Waals surface area contributed by atoms with Crippen LogP contribution < -0.4 is 14.2 Å². The third kappa shape index (κ3) is 13.0. The molecule has 2 aromatic carbocycles. The lowest BCUT2D eigenvalue weighted by molar-refractivity contribution is -0.275. The summed E-state index contributed by atoms with van der Waals surface area (Å²) in [5.74, 6) is -4.30. The molecular weight excluding hydrogens is 896 g/mol. The summed E-state index contributed by atoms with van der Waals surface area (Å²) in [6.45, 7) is 0.953. The van der Waals surface area contributed by atoms with Crippen LogP contribution in [-0.2, 0) is 21.8 Å². The molecule has 0 aliphatic rings. The maximum Gasteiger partial charge on any atom is 0.573 e. The molecule has 6 rings (SSSR count). The summed E-state index contributed by atoms with van der Waals surface area (Å²) in [7, 11) is 3.09. The first-order valence-electron chi connectivity index (χ1n) is 16.0. The Balaban J connectivity index is 0.000000236. The van der Waals surface area contributed by atoms with E-state index >= 15 is 0 Å². The molecule has 0 spiro atoms. The average Bonchev–Trinajstić information content (AvgIpc) is 3.76. The summed E-state index contributed by atoms with van der Waals surface area (Å²) >= 11 is 3.18. The third-order valence-electron chi connectivity index (χ3n) is 7.15. The minimum Gasteiger partial charge on any atom is -0.507 e. The predicted molar refractivity (Wildman–Crippen MR) is 185 cm³/mol. The van der Waals surface area contributed by atoms with Gasteiger partial charge in [0.05, 0.1) is 13.2 Å². The minimum atomic E-state index is -4.93. The monoisotopic (exact) mass is 922 g/mol. The van der Waals surface area contributed by atoms with Gasteiger partial charge in [0.25, 0.3) is 0 Å². The first kappa shape index (κ1) is 46.1. The quantitative estimate of drug-likeness (QED) is 0.0807. The normalized spacial score (nSPS) is 12.1. The Bertz CT molecular complexity index is 2310. The summed E-state index contributed by atoms with van der Waals surface area (Å²) in [5, 5.41) is 23.8. The van der Waals surface area contributed by atoms with E-state index in [4.69, 9.17) is 9.47 Å². The van der Waals surface area contributed by atoms with E-state index in [-0.39, 0.29) is 52.5 Å². The number of fused-ring (bicyclic) bond motifs is 2. The van der Waals surface area contributed by atoms with Gasteiger partial charge in [0.15, 0.2) is 11.3 Å². The molecule has 4 aromatic heterocycles. The zero-order chi connectivity index (χ0) is 43.8. The van der Waals surface area contributed by atoms with Crippen LogP contribution in [0, 0.1) is 0 Å². The number of pyridine rings is 2. The second kappa shape index (κ2) is 19.0. The van der Waals surface area contributed by atoms with Gasteiger partial charge in [0.1, 0.15) is 29.6 Å². The fourth-order valence-corrected chi connectivity index (χ4v) is 5.13. The van der Waals surface area contributed by atoms with Crippen molar-refractivity contribution in [1.29, 1.82) is 0 Å². The van der Waals surface area contributed by atoms with Crippen LogP contribution in [0.15, 0.2) is 73.1 Å². The number of alkyl halides is 13. The highest BCUT2D eigenvalue weighted by Gasteiger charge is 2.38. The van der Waals surface area contributed by atoms with E-state index in [0.717, 1.165) is 53.0 Å². The molecule has 0 amide bonds. The molecule has 0 unspecified atom stereocenters. The Morgan fingerprint density at radius 1 is 0.576 bits per heavy atom. The van der Waals surface area contributed by atoms with E-state index < -0.39 is 54.0 Å². The van der Waals surface area contributed by atoms with Crippen molar-refractivity contribution in [1.82, 2.24) is 29.2 Å². The van der Waals surface area contributed by atoms with Crippen molar-refractivity contribution in [3.8, 4) is 45.3 Å². The van der Waals surface area contributed by atoms with Gasteiger partial charge in [-0.25, -0.2) is 0 Å². The molecule has 0 atom stereocenters. The molecule has 0 bridgehead atoms. The smallest absolute Gasteiger partial charge is 0.507 e. The van der Waals surface area contributed by atoms with E-state index in [9.17, 15) is 57.8 Å². The molecule has 0 fully saturated rings. The molecule has 25 heteroatoms. The van der Waals surface area contributed by atoms with Crippen molar-refractivity contribution in [2.75, 3.05) is 39.4 Å². The Morgan fingerprint density at radius 3 is 1.44 bits per heavy atom. The second-order valence-electron chi connectivity index (χ2n) is 11.3. The maximum atomic E-state index is 13.1. The number of ether oxygens (including phenoxy) is 5. The Kier molecular flexibility index (Phi) is 14.9. The van der Waals surface area contributed by atoms with Crippen LogP contribution in [0.5, 0.6) is 23.0 Å². The summed E-state index contributed by atoms with van der Waals surface area (Å²) in [6.07, 6.45) is -17.2. The lowest BCUT2D eigenvalue weighted by atomic mass is 10.1. The highest BCUT2D eigenvalue weighted by atomic mass is 79.9. The van der Waals surface area contributed by atoms with Crippen LogP contribution in [0.2, 0.25) is 0 Å². The van der Waals surface area contributed by atoms with Gasteiger partial charge in [0.2, 0.25) is 11.6 Å². The number of hydrogen-bond acceptors (Lipinski definition) is 10. The van der Waals surface area contributed by atoms with Gasteiger partial charge in [-0.15, -0.1) is 46.7 Å². The molecule has 1 N–H and O–H groups in total. The van der Waals surface area contributed by atoms with Gasteiger partial charge in [-0.05, 0) is 48.5 Å². The van der Waals surface area contributed by atoms with Crippen LogP contribution in [0.1, 0.15) is 11.6 Å². The largest absolute Gasteiger partial charge is 0.573 e. The lowest BCUT2D eigenvalue weighted by Gasteiger charge is -2.15. The molecule has 0 radical (unpaired) electrons. The summed E-state index contributed by atoms with van der Waals surface area (Å²) < 4.78 is 176. The molecule has 6 aromatic rings. The molecule has 4 heterocycles. The fraction of sp³-hybridized carbons (Fsp3) is 0.294. The lowest BCUT2D eigenvalue weighted by Crippen LogP contribution is -2.17. The molecule has 0 saturated heterocycles. The Labute approximate surface area is 332 Å². The van der Waals surface area contributed by atoms with Gasteiger partial charge < -0.3 is 28.8 Å². The minimum absolute atomic E-state index is 0.00163. The van der Waals surface area contributed by atoms with Crippen molar-refractivity contribution in [3.05, 3.63) is 84.7 Å². The van der Waals surface area contributed by atoms with Crippen LogP contribution in [0.3, 0.4) is 0 Å². The van der Waals surface area contributed by atoms with Crippen LogP contribution >= 0.6 is 15.9 Å². The standard InChI is InChI=1S/C17H13F6N3O3.C14H7F6N3O2.C3H7BrO/c1-27-6-7-28-13-8-11(29-17(21,22)23)3-4-12(13)10-2-5-14-24-25-15(16(18,19)20)26(14)9-10;15-13(16,17)12-22-21-11-4-1-7(6-23(11)12)9-3-2-8(5-10(9)24)25-14(18,19)20;1-5-3-2-4/h2-5,8-9H,6-7H2,1H3;1-6,24H;2-3H2,1H3. The number of phenols is 1. The zero-order valence-corrected chi connectivity index (χ0v) is 31.4. The second-order valence-corrected chi connectivity index (χ2v) is 12.1. The number of nitrogens with zero attached hydrogens (tertiary/aromatic N) is 6. The van der Waals surface area contributed by atoms with Gasteiger partial charge >= 0.3 is 25.1 Å². The van der Waals surface area contributed by atoms with E-state index in [2.05, 4.69) is 50.5 Å². The topological polar surface area (TPSA) is 127 Å². The number of benzene rings is 2. The number of rotatable bonds is 10. The van der Waals surface area contributed by atoms with Gasteiger partial charge in [-0.2, -0.15) is 26.3 Å². The molecule has 59 heavy (non-hydrogen) atoms. The SMILES string of the molecule is COCCBr.COCCOc1cc(OC(F)(F)F)ccc1-c1ccc2nnc(C(F)(F)F)n2c1.Oc1cc(OC(F)(F)F)ccc1-c1ccc2nnc(C(F)(F)F)n2c1. The number of aromatic hydroxyl groups is 1. The third-order valence-corrected chi connectivity index (χ3v) is 7.47. The summed E-state index contributed by atoms with van der Waals surface area (Å²) in [6, 6.07) is 11.4. The molecule has 0 saturated carbocycles. The van der Waals surface area contributed by atoms with Crippen molar-refractivity contribution in [2.45, 2.75) is 25.1 Å². The van der Waals surface area contributed by atoms with Crippen LogP contribution in [-0.4, -0.2) is 86.4 Å². The zero-order valence-electron chi connectivity index (χ0n) is 29.8. The van der Waals surface area contributed by atoms with Crippen molar-refractivity contribution in [2.24, 2.45) is 0 Å². The Morgan fingerprint density at radius 2 is 1.03 bits per heavy atom. The van der Waals surface area contributed by atoms with Crippen LogP contribution in [0.25, 0.3) is 33.5 Å². The fourth-order valence-electron chi connectivity index (χ4n) is 4.81. The van der Waals surface area contributed by atoms with Crippen molar-refractivity contribution < 1.29 is 81.5 Å². The first-order chi connectivity index (χ1) is 27.5. The predicted octanol–water partition coefficient (Wildman–Crippen LogP) is 9.39. The number of methoxy groups -OCH3 is 2. The van der Waals surface area contributed by atoms with E-state index in [0.29, 0.717) is 10.5 Å². The van der Waals surface area contributed by atoms with Gasteiger partial charge in [0, 0.05) is 66.3 Å². The number of hydrogen-bond donors (Lipinski definition) is 1. The van der Waals surface area contributed by atoms with E-state index in [1.165, 1.54) is 37.4 Å². The van der Waals surface area contributed by atoms with Crippen LogP contribution in [0.4, 0.5) is 52.7 Å². The van der Waals surface area contributed by atoms with Gasteiger partial charge in [-0.1, -0.05) is 15.9 Å². The molecule has 12 nitrogen and oxygen atoms in total. The molecule has 0 aliphatic heterocycles. The number of aromatic nitrogens is 6. The number of halogens is 13. The Hall–Kier alpha value is -5.56. The maximum absolute atomic E-state index is 13.1. The summed E-state index contributed by atoms with van der Waals surface area (Å²) in [5.41, 5.74) is 0.507. The van der Waals surface area contributed by atoms with Crippen molar-refractivity contribution >= 4 is 27.2 Å². The first-order valence-corrected chi connectivity index (χ1v) is 17.2. The highest BCUT2D eigenvalue weighted by molar-refractivity contribution is 9.09. The van der Waals surface area contributed by atoms with E-state index in [1.54, 1.807) is 7.11 Å². The molecule has 320 valence electrons. The van der Waals surface area contributed by atoms with Crippen molar-refractivity contribution in [3.63, 3.8) is 0 Å². The number of phenolic OH excluding ortho intramolecular Hbond substituents is 1. The highest BCUT2D eigenvalue weighted by Crippen LogP contribution is 2.38. The molecular formula is C34H27BrF12N6O6. The average molecular weight is 924 g/mol. The molecule has 0 aliphatic carbocycles. The van der Waals surface area contributed by atoms with Gasteiger partial charge in [-0.3, -0.25) is 8.80 Å².